The minimum Gasteiger partial charge on any atom is -0.496 e. The SMILES string of the molecule is COc1ccc(C(C)=O)cc1CN1C(=O)C(CCc2ccccc2)ON=C1c1cnccn1. The fourth-order valence-corrected chi connectivity index (χ4v) is 3.65. The number of amidine groups is 1. The molecule has 0 saturated heterocycles. The summed E-state index contributed by atoms with van der Waals surface area (Å²) in [5, 5.41) is 4.25. The lowest BCUT2D eigenvalue weighted by Crippen LogP contribution is -2.47. The summed E-state index contributed by atoms with van der Waals surface area (Å²) >= 11 is 0. The molecular formula is C25H24N4O4. The highest BCUT2D eigenvalue weighted by Crippen LogP contribution is 2.26. The van der Waals surface area contributed by atoms with Gasteiger partial charge in [0, 0.05) is 29.9 Å². The van der Waals surface area contributed by atoms with Crippen LogP contribution in [0.4, 0.5) is 0 Å². The second-order valence-electron chi connectivity index (χ2n) is 7.63. The molecule has 33 heavy (non-hydrogen) atoms. The van der Waals surface area contributed by atoms with E-state index < -0.39 is 6.10 Å². The van der Waals surface area contributed by atoms with Crippen LogP contribution in [0.15, 0.2) is 72.3 Å². The lowest BCUT2D eigenvalue weighted by atomic mass is 10.0. The van der Waals surface area contributed by atoms with E-state index in [1.165, 1.54) is 24.2 Å². The summed E-state index contributed by atoms with van der Waals surface area (Å²) in [5.41, 5.74) is 2.73. The molecule has 0 radical (unpaired) electrons. The van der Waals surface area contributed by atoms with E-state index in [0.717, 1.165) is 5.56 Å². The van der Waals surface area contributed by atoms with Gasteiger partial charge in [-0.25, -0.2) is 4.98 Å². The van der Waals surface area contributed by atoms with Crippen LogP contribution in [0.25, 0.3) is 0 Å². The summed E-state index contributed by atoms with van der Waals surface area (Å²) in [6.45, 7) is 1.64. The highest BCUT2D eigenvalue weighted by atomic mass is 16.6. The van der Waals surface area contributed by atoms with Gasteiger partial charge in [-0.15, -0.1) is 0 Å². The first-order valence-corrected chi connectivity index (χ1v) is 10.6. The Morgan fingerprint density at radius 3 is 2.67 bits per heavy atom. The van der Waals surface area contributed by atoms with E-state index in [4.69, 9.17) is 9.57 Å². The Kier molecular flexibility index (Phi) is 6.73. The summed E-state index contributed by atoms with van der Waals surface area (Å²) < 4.78 is 5.48. The molecule has 0 spiro atoms. The van der Waals surface area contributed by atoms with E-state index in [1.54, 1.807) is 31.5 Å². The largest absolute Gasteiger partial charge is 0.496 e. The first-order chi connectivity index (χ1) is 16.1. The number of nitrogens with zero attached hydrogens (tertiary/aromatic N) is 4. The number of Topliss-reactive ketones (excluding diaryl/α,β-unsaturated/α-hetero) is 1. The van der Waals surface area contributed by atoms with Crippen molar-refractivity contribution in [3.8, 4) is 5.75 Å². The highest BCUT2D eigenvalue weighted by Gasteiger charge is 2.35. The number of carbonyl (C=O) groups is 2. The molecule has 1 aliphatic rings. The summed E-state index contributed by atoms with van der Waals surface area (Å²) in [7, 11) is 1.55. The molecule has 4 rings (SSSR count). The molecule has 1 aliphatic heterocycles. The van der Waals surface area contributed by atoms with Crippen molar-refractivity contribution in [2.75, 3.05) is 7.11 Å². The second-order valence-corrected chi connectivity index (χ2v) is 7.63. The Morgan fingerprint density at radius 2 is 1.97 bits per heavy atom. The van der Waals surface area contributed by atoms with E-state index in [1.807, 2.05) is 30.3 Å². The maximum atomic E-state index is 13.5. The zero-order chi connectivity index (χ0) is 23.2. The number of aryl methyl sites for hydroxylation is 1. The van der Waals surface area contributed by atoms with E-state index in [-0.39, 0.29) is 24.1 Å². The lowest BCUT2D eigenvalue weighted by molar-refractivity contribution is -0.143. The van der Waals surface area contributed by atoms with Gasteiger partial charge in [-0.2, -0.15) is 0 Å². The topological polar surface area (TPSA) is 94.0 Å². The number of rotatable bonds is 8. The standard InChI is InChI=1S/C25H24N4O4/c1-17(30)19-9-11-22(32-2)20(14-19)16-29-24(21-15-26-12-13-27-21)28-33-23(25(29)31)10-8-18-6-4-3-5-7-18/h3-7,9,11-15,23H,8,10,16H2,1-2H3. The van der Waals surface area contributed by atoms with Gasteiger partial charge in [-0.1, -0.05) is 35.5 Å². The predicted molar refractivity (Wildman–Crippen MR) is 122 cm³/mol. The van der Waals surface area contributed by atoms with Crippen LogP contribution in [-0.4, -0.2) is 45.6 Å². The van der Waals surface area contributed by atoms with Gasteiger partial charge in [-0.3, -0.25) is 19.5 Å². The van der Waals surface area contributed by atoms with Crippen molar-refractivity contribution >= 4 is 17.5 Å². The molecule has 2 heterocycles. The van der Waals surface area contributed by atoms with Crippen LogP contribution in [0.3, 0.4) is 0 Å². The minimum absolute atomic E-state index is 0.0734. The van der Waals surface area contributed by atoms with Crippen molar-refractivity contribution in [2.45, 2.75) is 32.4 Å². The molecule has 0 aliphatic carbocycles. The van der Waals surface area contributed by atoms with Crippen molar-refractivity contribution in [1.29, 1.82) is 0 Å². The van der Waals surface area contributed by atoms with Crippen molar-refractivity contribution < 1.29 is 19.2 Å². The van der Waals surface area contributed by atoms with Gasteiger partial charge in [0.15, 0.2) is 5.78 Å². The van der Waals surface area contributed by atoms with Gasteiger partial charge < -0.3 is 9.57 Å². The second kappa shape index (κ2) is 10.0. The number of benzene rings is 2. The third kappa shape index (κ3) is 5.06. The Labute approximate surface area is 191 Å². The number of methoxy groups -OCH3 is 1. The maximum absolute atomic E-state index is 13.5. The summed E-state index contributed by atoms with van der Waals surface area (Å²) in [5.74, 6) is 0.519. The average Bonchev–Trinajstić information content (AvgIpc) is 2.85. The number of hydrogen-bond donors (Lipinski definition) is 0. The van der Waals surface area contributed by atoms with Crippen LogP contribution in [0.1, 0.15) is 40.5 Å². The maximum Gasteiger partial charge on any atom is 0.272 e. The minimum atomic E-state index is -0.743. The number of aromatic nitrogens is 2. The molecule has 0 saturated carbocycles. The summed E-state index contributed by atoms with van der Waals surface area (Å²) in [6.07, 6.45) is 5.00. The van der Waals surface area contributed by atoms with Crippen LogP contribution in [0.2, 0.25) is 0 Å². The molecule has 1 unspecified atom stereocenters. The number of carbonyl (C=O) groups excluding carboxylic acids is 2. The van der Waals surface area contributed by atoms with Crippen LogP contribution >= 0.6 is 0 Å². The molecule has 1 atom stereocenters. The Morgan fingerprint density at radius 1 is 1.15 bits per heavy atom. The average molecular weight is 444 g/mol. The quantitative estimate of drug-likeness (QED) is 0.494. The third-order valence-corrected chi connectivity index (χ3v) is 5.41. The van der Waals surface area contributed by atoms with Crippen molar-refractivity contribution in [3.63, 3.8) is 0 Å². The normalized spacial score (nSPS) is 15.6. The number of amides is 1. The molecule has 0 N–H and O–H groups in total. The predicted octanol–water partition coefficient (Wildman–Crippen LogP) is 3.41. The summed E-state index contributed by atoms with van der Waals surface area (Å²) in [4.78, 5) is 40.9. The van der Waals surface area contributed by atoms with E-state index >= 15 is 0 Å². The van der Waals surface area contributed by atoms with Crippen LogP contribution in [0, 0.1) is 0 Å². The lowest BCUT2D eigenvalue weighted by Gasteiger charge is -2.31. The fourth-order valence-electron chi connectivity index (χ4n) is 3.65. The Hall–Kier alpha value is -4.07. The smallest absolute Gasteiger partial charge is 0.272 e. The third-order valence-electron chi connectivity index (χ3n) is 5.41. The molecule has 0 fully saturated rings. The van der Waals surface area contributed by atoms with Gasteiger partial charge in [0.25, 0.3) is 5.91 Å². The molecule has 0 bridgehead atoms. The van der Waals surface area contributed by atoms with Gasteiger partial charge in [0.05, 0.1) is 19.9 Å². The van der Waals surface area contributed by atoms with Crippen molar-refractivity contribution in [1.82, 2.24) is 14.9 Å². The molecule has 1 aromatic heterocycles. The zero-order valence-corrected chi connectivity index (χ0v) is 18.5. The first-order valence-electron chi connectivity index (χ1n) is 10.6. The van der Waals surface area contributed by atoms with Crippen LogP contribution in [-0.2, 0) is 22.6 Å². The van der Waals surface area contributed by atoms with Crippen molar-refractivity contribution in [3.05, 3.63) is 89.5 Å². The van der Waals surface area contributed by atoms with Gasteiger partial charge in [0.2, 0.25) is 11.9 Å². The van der Waals surface area contributed by atoms with Gasteiger partial charge in [-0.05, 0) is 37.1 Å². The van der Waals surface area contributed by atoms with Gasteiger partial charge >= 0.3 is 0 Å². The Balaban J connectivity index is 1.65. The molecule has 168 valence electrons. The zero-order valence-electron chi connectivity index (χ0n) is 18.5. The van der Waals surface area contributed by atoms with Crippen LogP contribution < -0.4 is 4.74 Å². The molecule has 3 aromatic rings. The van der Waals surface area contributed by atoms with E-state index in [0.29, 0.717) is 35.4 Å². The molecule has 2 aromatic carbocycles. The van der Waals surface area contributed by atoms with Crippen molar-refractivity contribution in [2.24, 2.45) is 5.16 Å². The summed E-state index contributed by atoms with van der Waals surface area (Å²) in [6, 6.07) is 15.1. The van der Waals surface area contributed by atoms with E-state index in [9.17, 15) is 9.59 Å². The number of hydrogen-bond acceptors (Lipinski definition) is 7. The first kappa shape index (κ1) is 22.1. The molecule has 8 heteroatoms. The van der Waals surface area contributed by atoms with Gasteiger partial charge in [0.1, 0.15) is 11.4 Å². The number of ether oxygens (including phenoxy) is 1. The van der Waals surface area contributed by atoms with Crippen LogP contribution in [0.5, 0.6) is 5.75 Å². The molecule has 8 nitrogen and oxygen atoms in total. The van der Waals surface area contributed by atoms with E-state index in [2.05, 4.69) is 15.1 Å². The Bertz CT molecular complexity index is 1170. The number of oxime groups is 1. The number of ketones is 1. The monoisotopic (exact) mass is 444 g/mol. The highest BCUT2D eigenvalue weighted by molar-refractivity contribution is 6.08. The molecule has 1 amide bonds. The molecular weight excluding hydrogens is 420 g/mol. The fraction of sp³-hybridized carbons (Fsp3) is 0.240.